The number of hydrogen-bond acceptors (Lipinski definition) is 6. The molecular weight excluding hydrogens is 385 g/mol. The largest absolute Gasteiger partial charge is 0.453 e. The Balaban J connectivity index is 2.84. The highest BCUT2D eigenvalue weighted by Gasteiger charge is 2.35. The minimum atomic E-state index is -4.93. The highest BCUT2D eigenvalue weighted by atomic mass is 32.2. The van der Waals surface area contributed by atoms with Gasteiger partial charge in [0.05, 0.1) is 35.5 Å². The number of anilines is 1. The molecule has 1 aromatic heterocycles. The van der Waals surface area contributed by atoms with Crippen molar-refractivity contribution >= 4 is 32.7 Å². The zero-order valence-corrected chi connectivity index (χ0v) is 13.9. The molecule has 0 saturated heterocycles. The number of nitrogens with zero attached hydrogens (tertiary/aromatic N) is 1. The molecule has 26 heavy (non-hydrogen) atoms. The molecule has 0 bridgehead atoms. The van der Waals surface area contributed by atoms with Crippen molar-refractivity contribution in [2.24, 2.45) is 0 Å². The molecule has 0 aliphatic carbocycles. The Hall–Kier alpha value is -3.03. The Morgan fingerprint density at radius 2 is 1.88 bits per heavy atom. The molecule has 0 spiro atoms. The summed E-state index contributed by atoms with van der Waals surface area (Å²) in [5, 5.41) is 1.32. The molecule has 10 nitrogen and oxygen atoms in total. The molecule has 1 heterocycles. The third-order valence-corrected chi connectivity index (χ3v) is 3.53. The van der Waals surface area contributed by atoms with Gasteiger partial charge in [0.2, 0.25) is 10.0 Å². The summed E-state index contributed by atoms with van der Waals surface area (Å²) in [4.78, 5) is 38.9. The van der Waals surface area contributed by atoms with Gasteiger partial charge in [-0.05, 0) is 12.1 Å². The van der Waals surface area contributed by atoms with Gasteiger partial charge in [-0.3, -0.25) is 10.1 Å². The second-order valence-electron chi connectivity index (χ2n) is 4.99. The highest BCUT2D eigenvalue weighted by Crippen LogP contribution is 2.36. The van der Waals surface area contributed by atoms with Gasteiger partial charge < -0.3 is 9.72 Å². The van der Waals surface area contributed by atoms with Crippen LogP contribution in [0.1, 0.15) is 5.56 Å². The van der Waals surface area contributed by atoms with Crippen molar-refractivity contribution in [3.63, 3.8) is 0 Å². The Morgan fingerprint density at radius 1 is 1.27 bits per heavy atom. The SMILES string of the molecule is COC(=O)Nc1cc2c(=O)n(NS(C)(=O)=O)c(=O)[nH]c2cc1C(F)(F)F. The van der Waals surface area contributed by atoms with Gasteiger partial charge in [-0.25, -0.2) is 22.8 Å². The maximum atomic E-state index is 13.2. The smallest absolute Gasteiger partial charge is 0.418 e. The summed E-state index contributed by atoms with van der Waals surface area (Å²) in [5.74, 6) is 0. The quantitative estimate of drug-likeness (QED) is 0.686. The maximum absolute atomic E-state index is 13.2. The van der Waals surface area contributed by atoms with Crippen LogP contribution in [-0.4, -0.2) is 37.5 Å². The van der Waals surface area contributed by atoms with E-state index >= 15 is 0 Å². The van der Waals surface area contributed by atoms with Gasteiger partial charge in [0, 0.05) is 0 Å². The van der Waals surface area contributed by atoms with Crippen LogP contribution in [0.25, 0.3) is 10.9 Å². The van der Waals surface area contributed by atoms with Crippen LogP contribution in [0.15, 0.2) is 21.7 Å². The number of halogens is 3. The van der Waals surface area contributed by atoms with E-state index in [0.29, 0.717) is 18.4 Å². The molecule has 2 rings (SSSR count). The number of alkyl halides is 3. The van der Waals surface area contributed by atoms with Crippen molar-refractivity contribution in [1.29, 1.82) is 0 Å². The number of carbonyl (C=O) groups excluding carboxylic acids is 1. The van der Waals surface area contributed by atoms with Crippen molar-refractivity contribution < 1.29 is 31.1 Å². The molecule has 0 aliphatic rings. The summed E-state index contributed by atoms with van der Waals surface area (Å²) < 4.78 is 66.3. The van der Waals surface area contributed by atoms with Crippen molar-refractivity contribution in [3.8, 4) is 0 Å². The van der Waals surface area contributed by atoms with Crippen LogP contribution in [-0.2, 0) is 20.9 Å². The minimum absolute atomic E-state index is 0.0762. The lowest BCUT2D eigenvalue weighted by Gasteiger charge is -2.15. The first-order valence-corrected chi connectivity index (χ1v) is 8.45. The predicted molar refractivity (Wildman–Crippen MR) is 84.1 cm³/mol. The van der Waals surface area contributed by atoms with Gasteiger partial charge in [0.1, 0.15) is 0 Å². The molecule has 0 fully saturated rings. The first kappa shape index (κ1) is 19.3. The molecular formula is C12H11F3N4O6S. The number of carbonyl (C=O) groups is 1. The van der Waals surface area contributed by atoms with E-state index in [1.54, 1.807) is 4.83 Å². The summed E-state index contributed by atoms with van der Waals surface area (Å²) in [7, 11) is -3.11. The molecule has 14 heteroatoms. The molecule has 0 radical (unpaired) electrons. The van der Waals surface area contributed by atoms with Gasteiger partial charge in [-0.15, -0.1) is 0 Å². The van der Waals surface area contributed by atoms with Crippen LogP contribution >= 0.6 is 0 Å². The predicted octanol–water partition coefficient (Wildman–Crippen LogP) is 0.390. The molecule has 1 amide bonds. The van der Waals surface area contributed by atoms with E-state index in [9.17, 15) is 36.0 Å². The van der Waals surface area contributed by atoms with E-state index in [-0.39, 0.29) is 4.68 Å². The Bertz CT molecular complexity index is 1100. The van der Waals surface area contributed by atoms with Crippen molar-refractivity contribution in [1.82, 2.24) is 9.66 Å². The zero-order chi connectivity index (χ0) is 19.9. The summed E-state index contributed by atoms with van der Waals surface area (Å²) in [6, 6.07) is 1.09. The van der Waals surface area contributed by atoms with E-state index in [4.69, 9.17) is 0 Å². The number of aromatic amines is 1. The fraction of sp³-hybridized carbons (Fsp3) is 0.250. The average molecular weight is 396 g/mol. The zero-order valence-electron chi connectivity index (χ0n) is 13.1. The van der Waals surface area contributed by atoms with Crippen LogP contribution < -0.4 is 21.4 Å². The van der Waals surface area contributed by atoms with Crippen LogP contribution in [0.5, 0.6) is 0 Å². The van der Waals surface area contributed by atoms with E-state index in [1.807, 2.05) is 10.3 Å². The number of methoxy groups -OCH3 is 1. The van der Waals surface area contributed by atoms with Gasteiger partial charge in [0.15, 0.2) is 0 Å². The van der Waals surface area contributed by atoms with Crippen molar-refractivity contribution in [3.05, 3.63) is 38.5 Å². The second kappa shape index (κ2) is 6.36. The first-order chi connectivity index (χ1) is 11.8. The average Bonchev–Trinajstić information content (AvgIpc) is 2.49. The number of hydrogen-bond donors (Lipinski definition) is 3. The second-order valence-corrected chi connectivity index (χ2v) is 6.72. The molecule has 0 aliphatic heterocycles. The Kier molecular flexibility index (Phi) is 4.72. The summed E-state index contributed by atoms with van der Waals surface area (Å²) in [6.45, 7) is 0. The number of sulfonamides is 1. The normalized spacial score (nSPS) is 12.0. The Morgan fingerprint density at radius 3 is 2.38 bits per heavy atom. The Labute approximate surface area is 142 Å². The molecule has 0 saturated carbocycles. The fourth-order valence-corrected chi connectivity index (χ4v) is 2.51. The van der Waals surface area contributed by atoms with E-state index in [2.05, 4.69) is 4.74 Å². The number of rotatable bonds is 3. The van der Waals surface area contributed by atoms with Gasteiger partial charge in [0.25, 0.3) is 5.56 Å². The number of aromatic nitrogens is 2. The molecule has 142 valence electrons. The van der Waals surface area contributed by atoms with Crippen LogP contribution in [0.2, 0.25) is 0 Å². The number of fused-ring (bicyclic) bond motifs is 1. The fourth-order valence-electron chi connectivity index (χ4n) is 2.01. The maximum Gasteiger partial charge on any atom is 0.418 e. The summed E-state index contributed by atoms with van der Waals surface area (Å²) in [5.41, 5.74) is -5.20. The highest BCUT2D eigenvalue weighted by molar-refractivity contribution is 7.91. The lowest BCUT2D eigenvalue weighted by atomic mass is 10.1. The molecule has 2 aromatic rings. The third kappa shape index (κ3) is 3.96. The third-order valence-electron chi connectivity index (χ3n) is 3.02. The van der Waals surface area contributed by atoms with E-state index in [0.717, 1.165) is 7.11 Å². The number of ether oxygens (including phenoxy) is 1. The summed E-state index contributed by atoms with van der Waals surface area (Å²) in [6.07, 6.45) is -5.49. The lowest BCUT2D eigenvalue weighted by molar-refractivity contribution is -0.136. The number of amides is 1. The van der Waals surface area contributed by atoms with Crippen LogP contribution in [0, 0.1) is 0 Å². The first-order valence-electron chi connectivity index (χ1n) is 6.56. The minimum Gasteiger partial charge on any atom is -0.453 e. The standard InChI is InChI=1S/C12H11F3N4O6S/c1-25-11(22)17-8-3-5-7(4-6(8)12(13,14)15)16-10(21)19(9(5)20)18-26(2,23)24/h3-4,18H,1-2H3,(H,16,21)(H,17,22). The van der Waals surface area contributed by atoms with Gasteiger partial charge in [-0.1, -0.05) is 0 Å². The number of H-pyrrole nitrogens is 1. The van der Waals surface area contributed by atoms with Gasteiger partial charge >= 0.3 is 18.0 Å². The summed E-state index contributed by atoms with van der Waals surface area (Å²) >= 11 is 0. The number of nitrogens with one attached hydrogen (secondary N) is 3. The molecule has 3 N–H and O–H groups in total. The van der Waals surface area contributed by atoms with Crippen molar-refractivity contribution in [2.75, 3.05) is 23.5 Å². The van der Waals surface area contributed by atoms with E-state index < -0.39 is 55.7 Å². The molecule has 0 unspecified atom stereocenters. The molecule has 1 aromatic carbocycles. The van der Waals surface area contributed by atoms with E-state index in [1.165, 1.54) is 0 Å². The van der Waals surface area contributed by atoms with Crippen molar-refractivity contribution in [2.45, 2.75) is 6.18 Å². The lowest BCUT2D eigenvalue weighted by Crippen LogP contribution is -2.43. The number of benzene rings is 1. The van der Waals surface area contributed by atoms with Gasteiger partial charge in [-0.2, -0.15) is 17.8 Å². The topological polar surface area (TPSA) is 139 Å². The molecule has 0 atom stereocenters. The van der Waals surface area contributed by atoms with Crippen LogP contribution in [0.4, 0.5) is 23.7 Å². The monoisotopic (exact) mass is 396 g/mol. The van der Waals surface area contributed by atoms with Crippen LogP contribution in [0.3, 0.4) is 0 Å².